The lowest BCUT2D eigenvalue weighted by Gasteiger charge is -2.14. The Kier molecular flexibility index (Phi) is 4.85. The summed E-state index contributed by atoms with van der Waals surface area (Å²) in [4.78, 5) is 0. The van der Waals surface area contributed by atoms with Crippen LogP contribution in [0, 0.1) is 0 Å². The van der Waals surface area contributed by atoms with E-state index in [9.17, 15) is 0 Å². The predicted octanol–water partition coefficient (Wildman–Crippen LogP) is 3.26. The second kappa shape index (κ2) is 6.18. The van der Waals surface area contributed by atoms with E-state index in [1.807, 2.05) is 12.1 Å². The van der Waals surface area contributed by atoms with E-state index in [1.165, 1.54) is 0 Å². The number of halogens is 2. The Morgan fingerprint density at radius 1 is 1.35 bits per heavy atom. The first kappa shape index (κ1) is 13.3. The van der Waals surface area contributed by atoms with Gasteiger partial charge in [-0.25, -0.2) is 0 Å². The fraction of sp³-hybridized carbons (Fsp3) is 0.500. The van der Waals surface area contributed by atoms with Crippen molar-refractivity contribution in [1.29, 1.82) is 0 Å². The highest BCUT2D eigenvalue weighted by molar-refractivity contribution is 9.11. The van der Waals surface area contributed by atoms with E-state index in [0.717, 1.165) is 39.7 Å². The van der Waals surface area contributed by atoms with Crippen LogP contribution in [0.2, 0.25) is 0 Å². The quantitative estimate of drug-likeness (QED) is 0.889. The number of hydrogen-bond donors (Lipinski definition) is 1. The van der Waals surface area contributed by atoms with Crippen molar-refractivity contribution in [1.82, 2.24) is 0 Å². The van der Waals surface area contributed by atoms with Gasteiger partial charge in [0.2, 0.25) is 0 Å². The summed E-state index contributed by atoms with van der Waals surface area (Å²) in [5.74, 6) is 0.762. The Balaban J connectivity index is 2.04. The summed E-state index contributed by atoms with van der Waals surface area (Å²) in [6, 6.07) is 3.71. The summed E-state index contributed by atoms with van der Waals surface area (Å²) in [7, 11) is 0. The second-order valence-electron chi connectivity index (χ2n) is 3.99. The van der Waals surface area contributed by atoms with Gasteiger partial charge < -0.3 is 14.6 Å². The molecule has 2 rings (SSSR count). The van der Waals surface area contributed by atoms with Gasteiger partial charge in [0.15, 0.2) is 0 Å². The van der Waals surface area contributed by atoms with Crippen LogP contribution in [-0.4, -0.2) is 24.4 Å². The Hall–Kier alpha value is -0.100. The van der Waals surface area contributed by atoms with Gasteiger partial charge in [-0.15, -0.1) is 0 Å². The summed E-state index contributed by atoms with van der Waals surface area (Å²) in [5.41, 5.74) is 0.841. The first-order valence-electron chi connectivity index (χ1n) is 5.54. The minimum absolute atomic E-state index is 0.0171. The molecule has 1 N–H and O–H groups in total. The molecule has 0 radical (unpaired) electrons. The number of aliphatic hydroxyl groups excluding tert-OH is 1. The number of ether oxygens (including phenoxy) is 2. The second-order valence-corrected chi connectivity index (χ2v) is 5.70. The molecule has 1 fully saturated rings. The predicted molar refractivity (Wildman–Crippen MR) is 72.2 cm³/mol. The van der Waals surface area contributed by atoms with Gasteiger partial charge in [0, 0.05) is 6.61 Å². The van der Waals surface area contributed by atoms with Gasteiger partial charge in [-0.2, -0.15) is 0 Å². The van der Waals surface area contributed by atoms with Crippen molar-refractivity contribution in [3.63, 3.8) is 0 Å². The topological polar surface area (TPSA) is 38.7 Å². The number of aliphatic hydroxyl groups is 1. The molecule has 17 heavy (non-hydrogen) atoms. The third-order valence-electron chi connectivity index (χ3n) is 2.68. The molecule has 1 aliphatic rings. The van der Waals surface area contributed by atoms with Gasteiger partial charge >= 0.3 is 0 Å². The Morgan fingerprint density at radius 3 is 2.59 bits per heavy atom. The molecule has 1 saturated heterocycles. The highest BCUT2D eigenvalue weighted by atomic mass is 79.9. The molecule has 0 bridgehead atoms. The molecular formula is C12H14Br2O3. The zero-order chi connectivity index (χ0) is 12.3. The van der Waals surface area contributed by atoms with Crippen LogP contribution in [0.3, 0.4) is 0 Å². The van der Waals surface area contributed by atoms with Gasteiger partial charge in [-0.05, 0) is 62.4 Å². The summed E-state index contributed by atoms with van der Waals surface area (Å²) < 4.78 is 12.9. The van der Waals surface area contributed by atoms with Gasteiger partial charge in [0.1, 0.15) is 12.4 Å². The SMILES string of the molecule is OCc1cc(Br)c(OCC2CCCO2)c(Br)c1. The number of hydrogen-bond acceptors (Lipinski definition) is 3. The van der Waals surface area contributed by atoms with Crippen LogP contribution in [0.5, 0.6) is 5.75 Å². The number of rotatable bonds is 4. The molecule has 0 aliphatic carbocycles. The van der Waals surface area contributed by atoms with Crippen molar-refractivity contribution in [3.05, 3.63) is 26.6 Å². The maximum Gasteiger partial charge on any atom is 0.147 e. The van der Waals surface area contributed by atoms with Crippen molar-refractivity contribution in [2.45, 2.75) is 25.6 Å². The maximum atomic E-state index is 9.08. The molecule has 0 saturated carbocycles. The van der Waals surface area contributed by atoms with Gasteiger partial charge in [0.25, 0.3) is 0 Å². The molecule has 1 aromatic rings. The zero-order valence-corrected chi connectivity index (χ0v) is 12.5. The van der Waals surface area contributed by atoms with E-state index in [4.69, 9.17) is 14.6 Å². The van der Waals surface area contributed by atoms with Crippen molar-refractivity contribution in [2.75, 3.05) is 13.2 Å². The normalized spacial score (nSPS) is 19.6. The third kappa shape index (κ3) is 3.44. The molecule has 0 aromatic heterocycles. The fourth-order valence-corrected chi connectivity index (χ4v) is 3.30. The van der Waals surface area contributed by atoms with E-state index < -0.39 is 0 Å². The molecule has 0 spiro atoms. The summed E-state index contributed by atoms with van der Waals surface area (Å²) in [6.45, 7) is 1.42. The molecule has 3 nitrogen and oxygen atoms in total. The van der Waals surface area contributed by atoms with Crippen LogP contribution in [0.15, 0.2) is 21.1 Å². The summed E-state index contributed by atoms with van der Waals surface area (Å²) in [6.07, 6.45) is 2.37. The lowest BCUT2D eigenvalue weighted by Crippen LogP contribution is -2.16. The van der Waals surface area contributed by atoms with Crippen LogP contribution < -0.4 is 4.74 Å². The van der Waals surface area contributed by atoms with Crippen molar-refractivity contribution < 1.29 is 14.6 Å². The number of benzene rings is 1. The molecule has 1 unspecified atom stereocenters. The van der Waals surface area contributed by atoms with Gasteiger partial charge in [0.05, 0.1) is 21.7 Å². The van der Waals surface area contributed by atoms with E-state index in [1.54, 1.807) is 0 Å². The monoisotopic (exact) mass is 364 g/mol. The molecule has 1 atom stereocenters. The van der Waals surface area contributed by atoms with Gasteiger partial charge in [-0.3, -0.25) is 0 Å². The molecule has 5 heteroatoms. The lowest BCUT2D eigenvalue weighted by atomic mass is 10.2. The first-order chi connectivity index (χ1) is 8.20. The first-order valence-corrected chi connectivity index (χ1v) is 7.12. The highest BCUT2D eigenvalue weighted by Crippen LogP contribution is 2.35. The fourth-order valence-electron chi connectivity index (χ4n) is 1.79. The lowest BCUT2D eigenvalue weighted by molar-refractivity contribution is 0.0674. The van der Waals surface area contributed by atoms with Crippen molar-refractivity contribution in [2.24, 2.45) is 0 Å². The average Bonchev–Trinajstić information content (AvgIpc) is 2.80. The largest absolute Gasteiger partial charge is 0.489 e. The Morgan fingerprint density at radius 2 is 2.06 bits per heavy atom. The maximum absolute atomic E-state index is 9.08. The van der Waals surface area contributed by atoms with Crippen LogP contribution >= 0.6 is 31.9 Å². The minimum atomic E-state index is 0.0171. The Labute approximate surface area is 117 Å². The minimum Gasteiger partial charge on any atom is -0.489 e. The van der Waals surface area contributed by atoms with Crippen LogP contribution in [0.4, 0.5) is 0 Å². The molecule has 0 amide bonds. The molecule has 94 valence electrons. The van der Waals surface area contributed by atoms with Gasteiger partial charge in [-0.1, -0.05) is 0 Å². The van der Waals surface area contributed by atoms with E-state index in [-0.39, 0.29) is 12.7 Å². The van der Waals surface area contributed by atoms with Crippen LogP contribution in [0.25, 0.3) is 0 Å². The molecule has 1 aliphatic heterocycles. The van der Waals surface area contributed by atoms with Crippen LogP contribution in [-0.2, 0) is 11.3 Å². The zero-order valence-electron chi connectivity index (χ0n) is 9.29. The standard InChI is InChI=1S/C12H14Br2O3/c13-10-4-8(6-15)5-11(14)12(10)17-7-9-2-1-3-16-9/h4-5,9,15H,1-3,6-7H2. The van der Waals surface area contributed by atoms with Crippen molar-refractivity contribution in [3.8, 4) is 5.75 Å². The summed E-state index contributed by atoms with van der Waals surface area (Å²) >= 11 is 6.88. The van der Waals surface area contributed by atoms with Crippen LogP contribution in [0.1, 0.15) is 18.4 Å². The summed E-state index contributed by atoms with van der Waals surface area (Å²) in [5, 5.41) is 9.08. The highest BCUT2D eigenvalue weighted by Gasteiger charge is 2.17. The smallest absolute Gasteiger partial charge is 0.147 e. The molecular weight excluding hydrogens is 352 g/mol. The van der Waals surface area contributed by atoms with E-state index in [2.05, 4.69) is 31.9 Å². The molecule has 1 aromatic carbocycles. The third-order valence-corrected chi connectivity index (χ3v) is 3.86. The molecule has 1 heterocycles. The van der Waals surface area contributed by atoms with E-state index >= 15 is 0 Å². The van der Waals surface area contributed by atoms with Crippen molar-refractivity contribution >= 4 is 31.9 Å². The average molecular weight is 366 g/mol. The van der Waals surface area contributed by atoms with E-state index in [0.29, 0.717) is 6.61 Å². The Bertz CT molecular complexity index is 366.